The summed E-state index contributed by atoms with van der Waals surface area (Å²) >= 11 is 3.39. The SMILES string of the molecule is Cc1ccc2c(c1)C(N)CC(c1ccc(Br)cn1)O2. The summed E-state index contributed by atoms with van der Waals surface area (Å²) in [7, 11) is 0. The first-order valence-corrected chi connectivity index (χ1v) is 7.07. The van der Waals surface area contributed by atoms with E-state index in [1.807, 2.05) is 24.3 Å². The van der Waals surface area contributed by atoms with Gasteiger partial charge in [0, 0.05) is 28.7 Å². The number of pyridine rings is 1. The predicted octanol–water partition coefficient (Wildman–Crippen LogP) is 3.68. The van der Waals surface area contributed by atoms with E-state index in [1.165, 1.54) is 5.56 Å². The normalized spacial score (nSPS) is 21.6. The van der Waals surface area contributed by atoms with Crippen LogP contribution in [0.25, 0.3) is 0 Å². The quantitative estimate of drug-likeness (QED) is 0.872. The van der Waals surface area contributed by atoms with Crippen molar-refractivity contribution in [3.63, 3.8) is 0 Å². The van der Waals surface area contributed by atoms with E-state index in [2.05, 4.69) is 33.9 Å². The average Bonchev–Trinajstić information content (AvgIpc) is 2.40. The topological polar surface area (TPSA) is 48.1 Å². The van der Waals surface area contributed by atoms with Crippen LogP contribution in [0, 0.1) is 6.92 Å². The van der Waals surface area contributed by atoms with E-state index in [9.17, 15) is 0 Å². The van der Waals surface area contributed by atoms with Gasteiger partial charge in [-0.1, -0.05) is 17.7 Å². The Morgan fingerprint density at radius 3 is 2.89 bits per heavy atom. The first-order chi connectivity index (χ1) is 9.13. The summed E-state index contributed by atoms with van der Waals surface area (Å²) in [5.74, 6) is 0.874. The number of rotatable bonds is 1. The molecule has 0 spiro atoms. The maximum Gasteiger partial charge on any atom is 0.142 e. The van der Waals surface area contributed by atoms with Crippen LogP contribution in [-0.2, 0) is 0 Å². The number of halogens is 1. The van der Waals surface area contributed by atoms with Crippen molar-refractivity contribution in [3.05, 3.63) is 57.8 Å². The summed E-state index contributed by atoms with van der Waals surface area (Å²) in [5, 5.41) is 0. The largest absolute Gasteiger partial charge is 0.484 e. The fraction of sp³-hybridized carbons (Fsp3) is 0.267. The highest BCUT2D eigenvalue weighted by atomic mass is 79.9. The highest BCUT2D eigenvalue weighted by molar-refractivity contribution is 9.10. The van der Waals surface area contributed by atoms with E-state index in [4.69, 9.17) is 10.5 Å². The van der Waals surface area contributed by atoms with Crippen LogP contribution in [0.15, 0.2) is 41.0 Å². The Morgan fingerprint density at radius 1 is 1.32 bits per heavy atom. The van der Waals surface area contributed by atoms with Gasteiger partial charge in [0.25, 0.3) is 0 Å². The van der Waals surface area contributed by atoms with Crippen LogP contribution in [0.2, 0.25) is 0 Å². The standard InChI is InChI=1S/C15H15BrN2O/c1-9-2-5-14-11(6-9)12(17)7-15(19-14)13-4-3-10(16)8-18-13/h2-6,8,12,15H,7,17H2,1H3. The summed E-state index contributed by atoms with van der Waals surface area (Å²) in [6.45, 7) is 2.06. The van der Waals surface area contributed by atoms with Gasteiger partial charge in [-0.2, -0.15) is 0 Å². The highest BCUT2D eigenvalue weighted by Gasteiger charge is 2.27. The average molecular weight is 319 g/mol. The third-order valence-corrected chi connectivity index (χ3v) is 3.85. The van der Waals surface area contributed by atoms with Gasteiger partial charge >= 0.3 is 0 Å². The van der Waals surface area contributed by atoms with E-state index in [0.29, 0.717) is 0 Å². The molecular formula is C15H15BrN2O. The molecule has 1 aromatic heterocycles. The molecule has 2 atom stereocenters. The molecule has 2 heterocycles. The molecule has 2 aromatic rings. The Kier molecular flexibility index (Phi) is 3.29. The summed E-state index contributed by atoms with van der Waals surface area (Å²) in [6.07, 6.45) is 2.47. The van der Waals surface area contributed by atoms with Gasteiger partial charge < -0.3 is 10.5 Å². The van der Waals surface area contributed by atoms with Gasteiger partial charge in [0.15, 0.2) is 0 Å². The number of fused-ring (bicyclic) bond motifs is 1. The smallest absolute Gasteiger partial charge is 0.142 e. The zero-order valence-electron chi connectivity index (χ0n) is 10.6. The van der Waals surface area contributed by atoms with Crippen LogP contribution >= 0.6 is 15.9 Å². The number of aromatic nitrogens is 1. The van der Waals surface area contributed by atoms with E-state index in [1.54, 1.807) is 6.20 Å². The van der Waals surface area contributed by atoms with Crippen LogP contribution in [0.4, 0.5) is 0 Å². The number of benzene rings is 1. The molecule has 0 bridgehead atoms. The van der Waals surface area contributed by atoms with E-state index < -0.39 is 0 Å². The number of hydrogen-bond acceptors (Lipinski definition) is 3. The van der Waals surface area contributed by atoms with Crippen molar-refractivity contribution in [2.45, 2.75) is 25.5 Å². The summed E-state index contributed by atoms with van der Waals surface area (Å²) in [5.41, 5.74) is 9.47. The van der Waals surface area contributed by atoms with E-state index in [-0.39, 0.29) is 12.1 Å². The molecule has 0 fully saturated rings. The Bertz CT molecular complexity index is 598. The molecule has 4 heteroatoms. The molecule has 3 nitrogen and oxygen atoms in total. The van der Waals surface area contributed by atoms with Crippen LogP contribution in [-0.4, -0.2) is 4.98 Å². The molecule has 0 saturated heterocycles. The van der Waals surface area contributed by atoms with Crippen molar-refractivity contribution in [2.24, 2.45) is 5.73 Å². The number of nitrogens with two attached hydrogens (primary N) is 1. The minimum Gasteiger partial charge on any atom is -0.484 e. The number of aryl methyl sites for hydroxylation is 1. The molecule has 2 unspecified atom stereocenters. The molecule has 0 aliphatic carbocycles. The van der Waals surface area contributed by atoms with Crippen molar-refractivity contribution in [3.8, 4) is 5.75 Å². The van der Waals surface area contributed by atoms with Crippen molar-refractivity contribution in [1.29, 1.82) is 0 Å². The van der Waals surface area contributed by atoms with E-state index >= 15 is 0 Å². The Morgan fingerprint density at radius 2 is 2.16 bits per heavy atom. The van der Waals surface area contributed by atoms with Crippen LogP contribution in [0.1, 0.15) is 35.4 Å². The summed E-state index contributed by atoms with van der Waals surface area (Å²) in [6, 6.07) is 10.1. The molecule has 98 valence electrons. The number of hydrogen-bond donors (Lipinski definition) is 1. The fourth-order valence-corrected chi connectivity index (χ4v) is 2.62. The zero-order valence-corrected chi connectivity index (χ0v) is 12.2. The van der Waals surface area contributed by atoms with Gasteiger partial charge in [0.2, 0.25) is 0 Å². The molecule has 3 rings (SSSR count). The van der Waals surface area contributed by atoms with Gasteiger partial charge in [-0.05, 0) is 41.1 Å². The maximum atomic E-state index is 6.26. The summed E-state index contributed by atoms with van der Waals surface area (Å²) < 4.78 is 6.99. The Labute approximate surface area is 120 Å². The minimum atomic E-state index is -0.0710. The molecule has 0 saturated carbocycles. The number of nitrogens with zero attached hydrogens (tertiary/aromatic N) is 1. The van der Waals surface area contributed by atoms with Gasteiger partial charge in [-0.15, -0.1) is 0 Å². The Hall–Kier alpha value is -1.39. The molecular weight excluding hydrogens is 304 g/mol. The predicted molar refractivity (Wildman–Crippen MR) is 78.0 cm³/mol. The van der Waals surface area contributed by atoms with Crippen molar-refractivity contribution < 1.29 is 4.74 Å². The third-order valence-electron chi connectivity index (χ3n) is 3.38. The van der Waals surface area contributed by atoms with Crippen molar-refractivity contribution in [2.75, 3.05) is 0 Å². The number of ether oxygens (including phenoxy) is 1. The second-order valence-electron chi connectivity index (χ2n) is 4.89. The molecule has 1 aliphatic rings. The zero-order chi connectivity index (χ0) is 13.4. The second-order valence-corrected chi connectivity index (χ2v) is 5.81. The second kappa shape index (κ2) is 4.94. The molecule has 2 N–H and O–H groups in total. The molecule has 0 amide bonds. The lowest BCUT2D eigenvalue weighted by molar-refractivity contribution is 0.157. The minimum absolute atomic E-state index is 0.000836. The van der Waals surface area contributed by atoms with Crippen molar-refractivity contribution in [1.82, 2.24) is 4.98 Å². The Balaban J connectivity index is 1.92. The highest BCUT2D eigenvalue weighted by Crippen LogP contribution is 2.39. The van der Waals surface area contributed by atoms with Gasteiger partial charge in [0.05, 0.1) is 5.69 Å². The van der Waals surface area contributed by atoms with Crippen molar-refractivity contribution >= 4 is 15.9 Å². The first-order valence-electron chi connectivity index (χ1n) is 6.28. The lowest BCUT2D eigenvalue weighted by Crippen LogP contribution is -2.24. The monoisotopic (exact) mass is 318 g/mol. The van der Waals surface area contributed by atoms with Crippen LogP contribution < -0.4 is 10.5 Å². The molecule has 1 aliphatic heterocycles. The van der Waals surface area contributed by atoms with Crippen LogP contribution in [0.3, 0.4) is 0 Å². The lowest BCUT2D eigenvalue weighted by atomic mass is 9.94. The molecule has 1 aromatic carbocycles. The lowest BCUT2D eigenvalue weighted by Gasteiger charge is -2.30. The fourth-order valence-electron chi connectivity index (χ4n) is 2.38. The summed E-state index contributed by atoms with van der Waals surface area (Å²) in [4.78, 5) is 4.40. The molecule has 19 heavy (non-hydrogen) atoms. The van der Waals surface area contributed by atoms with Gasteiger partial charge in [-0.25, -0.2) is 0 Å². The maximum absolute atomic E-state index is 6.26. The third kappa shape index (κ3) is 2.51. The van der Waals surface area contributed by atoms with Gasteiger partial charge in [0.1, 0.15) is 11.9 Å². The van der Waals surface area contributed by atoms with E-state index in [0.717, 1.165) is 27.9 Å². The molecule has 0 radical (unpaired) electrons. The van der Waals surface area contributed by atoms with Crippen LogP contribution in [0.5, 0.6) is 5.75 Å². The van der Waals surface area contributed by atoms with Gasteiger partial charge in [-0.3, -0.25) is 4.98 Å². The first kappa shape index (κ1) is 12.6.